The van der Waals surface area contributed by atoms with Gasteiger partial charge in [0.2, 0.25) is 0 Å². The average Bonchev–Trinajstić information content (AvgIpc) is 2.46. The number of carboxylic acid groups (broad SMARTS) is 1. The minimum Gasteiger partial charge on any atom is -0.496 e. The average molecular weight is 308 g/mol. The fraction of sp³-hybridized carbons (Fsp3) is 0.588. The van der Waals surface area contributed by atoms with Crippen LogP contribution in [0.25, 0.3) is 0 Å². The summed E-state index contributed by atoms with van der Waals surface area (Å²) in [7, 11) is 3.60. The number of hydrogen-bond acceptors (Lipinski definition) is 4. The molecule has 0 heterocycles. The second kappa shape index (κ2) is 9.43. The predicted molar refractivity (Wildman–Crippen MR) is 88.1 cm³/mol. The fourth-order valence-electron chi connectivity index (χ4n) is 2.21. The highest BCUT2D eigenvalue weighted by molar-refractivity contribution is 5.66. The first kappa shape index (κ1) is 18.5. The molecule has 0 fully saturated rings. The molecule has 0 saturated carbocycles. The van der Waals surface area contributed by atoms with E-state index in [1.807, 2.05) is 18.0 Å². The summed E-state index contributed by atoms with van der Waals surface area (Å²) in [6, 6.07) is 6.18. The highest BCUT2D eigenvalue weighted by Crippen LogP contribution is 2.21. The highest BCUT2D eigenvalue weighted by Gasteiger charge is 2.08. The molecular formula is C17H28N2O3. The van der Waals surface area contributed by atoms with E-state index in [0.717, 1.165) is 30.0 Å². The third-order valence-corrected chi connectivity index (χ3v) is 3.38. The summed E-state index contributed by atoms with van der Waals surface area (Å²) >= 11 is 0. The number of aliphatic carboxylic acids is 1. The number of nitrogens with one attached hydrogen (secondary N) is 1. The Bertz CT molecular complexity index is 475. The first-order valence-corrected chi connectivity index (χ1v) is 7.69. The third-order valence-electron chi connectivity index (χ3n) is 3.38. The second-order valence-electron chi connectivity index (χ2n) is 6.05. The summed E-state index contributed by atoms with van der Waals surface area (Å²) < 4.78 is 5.47. The standard InChI is InChI=1S/C17H28N2O3/c1-13(2)10-18-11-15-6-5-14(9-16(15)22-4)12-19(3)8-7-17(20)21/h5-6,9,13,18H,7-8,10-12H2,1-4H3,(H,20,21). The van der Waals surface area contributed by atoms with E-state index in [1.54, 1.807) is 7.11 Å². The van der Waals surface area contributed by atoms with Crippen LogP contribution in [0.5, 0.6) is 5.75 Å². The Balaban J connectivity index is 2.61. The van der Waals surface area contributed by atoms with Crippen LogP contribution >= 0.6 is 0 Å². The number of benzene rings is 1. The predicted octanol–water partition coefficient (Wildman–Crippen LogP) is 2.35. The van der Waals surface area contributed by atoms with E-state index in [4.69, 9.17) is 9.84 Å². The number of ether oxygens (including phenoxy) is 1. The molecule has 1 aromatic carbocycles. The van der Waals surface area contributed by atoms with Gasteiger partial charge >= 0.3 is 5.97 Å². The molecule has 22 heavy (non-hydrogen) atoms. The van der Waals surface area contributed by atoms with E-state index in [1.165, 1.54) is 0 Å². The van der Waals surface area contributed by atoms with Crippen LogP contribution in [-0.2, 0) is 17.9 Å². The molecule has 0 atom stereocenters. The number of methoxy groups -OCH3 is 1. The van der Waals surface area contributed by atoms with Gasteiger partial charge in [-0.15, -0.1) is 0 Å². The van der Waals surface area contributed by atoms with Crippen molar-refractivity contribution in [2.75, 3.05) is 27.2 Å². The minimum absolute atomic E-state index is 0.158. The van der Waals surface area contributed by atoms with Crippen molar-refractivity contribution in [1.29, 1.82) is 0 Å². The Labute approximate surface area is 133 Å². The molecule has 0 unspecified atom stereocenters. The monoisotopic (exact) mass is 308 g/mol. The molecule has 5 heteroatoms. The van der Waals surface area contributed by atoms with Gasteiger partial charge in [0.05, 0.1) is 13.5 Å². The van der Waals surface area contributed by atoms with Gasteiger partial charge in [0.1, 0.15) is 5.75 Å². The molecule has 0 aliphatic rings. The molecule has 124 valence electrons. The maximum absolute atomic E-state index is 10.6. The lowest BCUT2D eigenvalue weighted by atomic mass is 10.1. The smallest absolute Gasteiger partial charge is 0.304 e. The third kappa shape index (κ3) is 6.91. The normalized spacial score (nSPS) is 11.2. The van der Waals surface area contributed by atoms with Crippen LogP contribution in [0.1, 0.15) is 31.4 Å². The topological polar surface area (TPSA) is 61.8 Å². The zero-order chi connectivity index (χ0) is 16.5. The number of carboxylic acids is 1. The Morgan fingerprint density at radius 1 is 1.41 bits per heavy atom. The molecule has 0 spiro atoms. The number of hydrogen-bond donors (Lipinski definition) is 2. The Hall–Kier alpha value is -1.59. The number of carbonyl (C=O) groups is 1. The van der Waals surface area contributed by atoms with Crippen LogP contribution in [0.4, 0.5) is 0 Å². The van der Waals surface area contributed by atoms with Crippen molar-refractivity contribution >= 4 is 5.97 Å². The quantitative estimate of drug-likeness (QED) is 0.695. The summed E-state index contributed by atoms with van der Waals surface area (Å²) in [5.74, 6) is 0.726. The molecule has 0 amide bonds. The van der Waals surface area contributed by atoms with Gasteiger partial charge in [-0.05, 0) is 31.1 Å². The van der Waals surface area contributed by atoms with Crippen molar-refractivity contribution in [2.24, 2.45) is 5.92 Å². The van der Waals surface area contributed by atoms with Gasteiger partial charge in [0, 0.05) is 25.2 Å². The van der Waals surface area contributed by atoms with Gasteiger partial charge in [-0.1, -0.05) is 26.0 Å². The molecule has 0 aliphatic carbocycles. The maximum Gasteiger partial charge on any atom is 0.304 e. The first-order valence-electron chi connectivity index (χ1n) is 7.69. The van der Waals surface area contributed by atoms with Gasteiger partial charge in [0.25, 0.3) is 0 Å². The summed E-state index contributed by atoms with van der Waals surface area (Å²) in [5, 5.41) is 12.1. The van der Waals surface area contributed by atoms with E-state index in [0.29, 0.717) is 19.0 Å². The lowest BCUT2D eigenvalue weighted by Gasteiger charge is -2.17. The highest BCUT2D eigenvalue weighted by atomic mass is 16.5. The molecule has 0 radical (unpaired) electrons. The van der Waals surface area contributed by atoms with E-state index in [-0.39, 0.29) is 6.42 Å². The Morgan fingerprint density at radius 3 is 2.73 bits per heavy atom. The molecule has 0 bridgehead atoms. The first-order chi connectivity index (χ1) is 10.4. The van der Waals surface area contributed by atoms with Crippen LogP contribution in [0.15, 0.2) is 18.2 Å². The SMILES string of the molecule is COc1cc(CN(C)CCC(=O)O)ccc1CNCC(C)C. The van der Waals surface area contributed by atoms with Gasteiger partial charge in [-0.2, -0.15) is 0 Å². The summed E-state index contributed by atoms with van der Waals surface area (Å²) in [5.41, 5.74) is 2.26. The molecule has 1 aromatic rings. The van der Waals surface area contributed by atoms with E-state index in [9.17, 15) is 4.79 Å². The minimum atomic E-state index is -0.768. The molecule has 5 nitrogen and oxygen atoms in total. The van der Waals surface area contributed by atoms with Crippen LogP contribution in [-0.4, -0.2) is 43.2 Å². The van der Waals surface area contributed by atoms with Gasteiger partial charge in [-0.25, -0.2) is 0 Å². The van der Waals surface area contributed by atoms with Crippen LogP contribution in [0.2, 0.25) is 0 Å². The number of rotatable bonds is 10. The van der Waals surface area contributed by atoms with Crippen LogP contribution < -0.4 is 10.1 Å². The molecular weight excluding hydrogens is 280 g/mol. The van der Waals surface area contributed by atoms with Crippen molar-refractivity contribution < 1.29 is 14.6 Å². The lowest BCUT2D eigenvalue weighted by molar-refractivity contribution is -0.137. The summed E-state index contributed by atoms with van der Waals surface area (Å²) in [6.45, 7) is 7.37. The van der Waals surface area contributed by atoms with Crippen molar-refractivity contribution in [3.8, 4) is 5.75 Å². The second-order valence-corrected chi connectivity index (χ2v) is 6.05. The zero-order valence-electron chi connectivity index (χ0n) is 14.1. The van der Waals surface area contributed by atoms with E-state index >= 15 is 0 Å². The van der Waals surface area contributed by atoms with Crippen LogP contribution in [0.3, 0.4) is 0 Å². The maximum atomic E-state index is 10.6. The van der Waals surface area contributed by atoms with Gasteiger partial charge < -0.3 is 20.1 Å². The molecule has 0 saturated heterocycles. The largest absolute Gasteiger partial charge is 0.496 e. The van der Waals surface area contributed by atoms with Crippen LogP contribution in [0, 0.1) is 5.92 Å². The van der Waals surface area contributed by atoms with E-state index < -0.39 is 5.97 Å². The fourth-order valence-corrected chi connectivity index (χ4v) is 2.21. The van der Waals surface area contributed by atoms with Gasteiger partial charge in [0.15, 0.2) is 0 Å². The summed E-state index contributed by atoms with van der Waals surface area (Å²) in [6.07, 6.45) is 0.158. The zero-order valence-corrected chi connectivity index (χ0v) is 14.1. The Morgan fingerprint density at radius 2 is 2.14 bits per heavy atom. The van der Waals surface area contributed by atoms with E-state index in [2.05, 4.69) is 31.3 Å². The lowest BCUT2D eigenvalue weighted by Crippen LogP contribution is -2.21. The van der Waals surface area contributed by atoms with Crippen molar-refractivity contribution in [3.05, 3.63) is 29.3 Å². The molecule has 1 rings (SSSR count). The molecule has 2 N–H and O–H groups in total. The summed E-state index contributed by atoms with van der Waals surface area (Å²) in [4.78, 5) is 12.6. The molecule has 0 aromatic heterocycles. The molecule has 0 aliphatic heterocycles. The van der Waals surface area contributed by atoms with Gasteiger partial charge in [-0.3, -0.25) is 4.79 Å². The Kier molecular flexibility index (Phi) is 7.91. The van der Waals surface area contributed by atoms with Crippen molar-refractivity contribution in [1.82, 2.24) is 10.2 Å². The van der Waals surface area contributed by atoms with Crippen molar-refractivity contribution in [2.45, 2.75) is 33.4 Å². The number of nitrogens with zero attached hydrogens (tertiary/aromatic N) is 1. The van der Waals surface area contributed by atoms with Crippen molar-refractivity contribution in [3.63, 3.8) is 0 Å².